The van der Waals surface area contributed by atoms with Crippen LogP contribution in [0.15, 0.2) is 23.1 Å². The smallest absolute Gasteiger partial charge is 0.326 e. The molecule has 0 radical (unpaired) electrons. The molecule has 1 saturated heterocycles. The molecule has 0 spiro atoms. The normalized spacial score (nSPS) is 15.6. The third-order valence-electron chi connectivity index (χ3n) is 3.39. The molecule has 2 rings (SSSR count). The first-order valence-corrected chi connectivity index (χ1v) is 9.51. The monoisotopic (exact) mass is 393 g/mol. The van der Waals surface area contributed by atoms with E-state index in [2.05, 4.69) is 0 Å². The van der Waals surface area contributed by atoms with Gasteiger partial charge in [0.1, 0.15) is 6.54 Å². The van der Waals surface area contributed by atoms with E-state index in [1.165, 1.54) is 0 Å². The zero-order valence-corrected chi connectivity index (χ0v) is 16.6. The van der Waals surface area contributed by atoms with Crippen molar-refractivity contribution >= 4 is 35.0 Å². The number of nitrogens with zero attached hydrogens (tertiary/aromatic N) is 1. The Labute approximate surface area is 162 Å². The summed E-state index contributed by atoms with van der Waals surface area (Å²) in [6.45, 7) is 7.64. The second-order valence-electron chi connectivity index (χ2n) is 5.88. The van der Waals surface area contributed by atoms with Crippen LogP contribution in [0, 0.1) is 0 Å². The molecule has 27 heavy (non-hydrogen) atoms. The Hall–Kier alpha value is -2.48. The van der Waals surface area contributed by atoms with Crippen molar-refractivity contribution in [1.82, 2.24) is 4.90 Å². The molecule has 1 heterocycles. The van der Waals surface area contributed by atoms with Crippen molar-refractivity contribution in [2.24, 2.45) is 0 Å². The van der Waals surface area contributed by atoms with E-state index in [-0.39, 0.29) is 24.2 Å². The number of ether oxygens (including phenoxy) is 3. The minimum absolute atomic E-state index is 0.00516. The molecule has 0 aromatic heterocycles. The van der Waals surface area contributed by atoms with Crippen molar-refractivity contribution < 1.29 is 28.6 Å². The molecule has 0 saturated carbocycles. The van der Waals surface area contributed by atoms with Crippen molar-refractivity contribution in [1.29, 1.82) is 0 Å². The topological polar surface area (TPSA) is 82.1 Å². The maximum absolute atomic E-state index is 12.4. The number of hydrogen-bond acceptors (Lipinski definition) is 7. The van der Waals surface area contributed by atoms with E-state index in [0.29, 0.717) is 23.7 Å². The Bertz CT molecular complexity index is 759. The van der Waals surface area contributed by atoms with Crippen LogP contribution in [0.3, 0.4) is 0 Å². The summed E-state index contributed by atoms with van der Waals surface area (Å²) < 4.78 is 16.1. The summed E-state index contributed by atoms with van der Waals surface area (Å²) >= 11 is 0.789. The van der Waals surface area contributed by atoms with Gasteiger partial charge in [-0.3, -0.25) is 19.3 Å². The van der Waals surface area contributed by atoms with Gasteiger partial charge in [-0.15, -0.1) is 0 Å². The summed E-state index contributed by atoms with van der Waals surface area (Å²) in [4.78, 5) is 37.2. The summed E-state index contributed by atoms with van der Waals surface area (Å²) in [6, 6.07) is 5.29. The van der Waals surface area contributed by atoms with Crippen molar-refractivity contribution in [3.63, 3.8) is 0 Å². The lowest BCUT2D eigenvalue weighted by molar-refractivity contribution is -0.145. The maximum Gasteiger partial charge on any atom is 0.326 e. The first kappa shape index (κ1) is 20.8. The average molecular weight is 393 g/mol. The van der Waals surface area contributed by atoms with Crippen molar-refractivity contribution in [2.75, 3.05) is 19.8 Å². The average Bonchev–Trinajstić information content (AvgIpc) is 2.85. The van der Waals surface area contributed by atoms with Gasteiger partial charge in [0.05, 0.1) is 24.2 Å². The lowest BCUT2D eigenvalue weighted by Gasteiger charge is -2.15. The van der Waals surface area contributed by atoms with Crippen molar-refractivity contribution in [2.45, 2.75) is 33.8 Å². The molecule has 8 heteroatoms. The van der Waals surface area contributed by atoms with Gasteiger partial charge in [-0.05, 0) is 63.2 Å². The molecule has 1 aliphatic heterocycles. The van der Waals surface area contributed by atoms with E-state index in [1.54, 1.807) is 31.2 Å². The predicted molar refractivity (Wildman–Crippen MR) is 103 cm³/mol. The van der Waals surface area contributed by atoms with Crippen LogP contribution in [0.2, 0.25) is 0 Å². The summed E-state index contributed by atoms with van der Waals surface area (Å²) in [6.07, 6.45) is 1.59. The summed E-state index contributed by atoms with van der Waals surface area (Å²) in [7, 11) is 0. The van der Waals surface area contributed by atoms with Crippen LogP contribution in [0.4, 0.5) is 4.79 Å². The molecule has 0 atom stereocenters. The van der Waals surface area contributed by atoms with Crippen molar-refractivity contribution in [3.05, 3.63) is 28.7 Å². The molecule has 1 fully saturated rings. The van der Waals surface area contributed by atoms with Gasteiger partial charge in [0, 0.05) is 0 Å². The zero-order valence-electron chi connectivity index (χ0n) is 15.8. The molecule has 1 aromatic carbocycles. The molecule has 0 aliphatic carbocycles. The second kappa shape index (κ2) is 9.45. The number of benzene rings is 1. The number of carbonyl (C=O) groups excluding carboxylic acids is 3. The lowest BCUT2D eigenvalue weighted by Crippen LogP contribution is -2.34. The highest BCUT2D eigenvalue weighted by molar-refractivity contribution is 8.18. The van der Waals surface area contributed by atoms with Gasteiger partial charge in [0.15, 0.2) is 11.5 Å². The van der Waals surface area contributed by atoms with Crippen LogP contribution in [-0.4, -0.2) is 47.9 Å². The first-order chi connectivity index (χ1) is 12.8. The SMILES string of the molecule is CCOC(=O)CN1C(=O)S/C(=C/c2ccc(OC(C)C)c(OCC)c2)C1=O. The highest BCUT2D eigenvalue weighted by atomic mass is 32.2. The van der Waals surface area contributed by atoms with Gasteiger partial charge in [0.25, 0.3) is 11.1 Å². The fourth-order valence-corrected chi connectivity index (χ4v) is 3.20. The summed E-state index contributed by atoms with van der Waals surface area (Å²) in [5.74, 6) is 0.0403. The van der Waals surface area contributed by atoms with Gasteiger partial charge < -0.3 is 14.2 Å². The van der Waals surface area contributed by atoms with Gasteiger partial charge in [0.2, 0.25) is 0 Å². The molecular formula is C19H23NO6S. The quantitative estimate of drug-likeness (QED) is 0.494. The predicted octanol–water partition coefficient (Wildman–Crippen LogP) is 3.47. The van der Waals surface area contributed by atoms with Crippen molar-refractivity contribution in [3.8, 4) is 11.5 Å². The van der Waals surface area contributed by atoms with Crippen LogP contribution >= 0.6 is 11.8 Å². The number of rotatable bonds is 8. The van der Waals surface area contributed by atoms with Gasteiger partial charge in [-0.25, -0.2) is 0 Å². The second-order valence-corrected chi connectivity index (χ2v) is 6.87. The van der Waals surface area contributed by atoms with E-state index in [4.69, 9.17) is 14.2 Å². The molecule has 0 N–H and O–H groups in total. The Morgan fingerprint density at radius 1 is 1.19 bits per heavy atom. The number of esters is 1. The van der Waals surface area contributed by atoms with Crippen LogP contribution in [-0.2, 0) is 14.3 Å². The van der Waals surface area contributed by atoms with Gasteiger partial charge >= 0.3 is 5.97 Å². The Balaban J connectivity index is 2.22. The summed E-state index contributed by atoms with van der Waals surface area (Å²) in [5.41, 5.74) is 0.691. The molecule has 1 aliphatic rings. The van der Waals surface area contributed by atoms with Crippen LogP contribution in [0.25, 0.3) is 6.08 Å². The van der Waals surface area contributed by atoms with E-state index < -0.39 is 17.1 Å². The third-order valence-corrected chi connectivity index (χ3v) is 4.30. The van der Waals surface area contributed by atoms with Gasteiger partial charge in [-0.2, -0.15) is 0 Å². The number of carbonyl (C=O) groups is 3. The van der Waals surface area contributed by atoms with Gasteiger partial charge in [-0.1, -0.05) is 6.07 Å². The largest absolute Gasteiger partial charge is 0.490 e. The number of imide groups is 1. The Kier molecular flexibility index (Phi) is 7.29. The molecule has 2 amide bonds. The van der Waals surface area contributed by atoms with E-state index in [9.17, 15) is 14.4 Å². The number of amides is 2. The molecule has 0 unspecified atom stereocenters. The molecular weight excluding hydrogens is 370 g/mol. The van der Waals surface area contributed by atoms with E-state index in [0.717, 1.165) is 16.7 Å². The maximum atomic E-state index is 12.4. The fraction of sp³-hybridized carbons (Fsp3) is 0.421. The zero-order chi connectivity index (χ0) is 20.0. The third kappa shape index (κ3) is 5.50. The number of hydrogen-bond donors (Lipinski definition) is 0. The minimum atomic E-state index is -0.616. The lowest BCUT2D eigenvalue weighted by atomic mass is 10.2. The molecule has 7 nitrogen and oxygen atoms in total. The summed E-state index contributed by atoms with van der Waals surface area (Å²) in [5, 5.41) is -0.496. The Morgan fingerprint density at radius 2 is 1.93 bits per heavy atom. The van der Waals surface area contributed by atoms with E-state index in [1.807, 2.05) is 20.8 Å². The molecule has 1 aromatic rings. The van der Waals surface area contributed by atoms with Crippen LogP contribution < -0.4 is 9.47 Å². The minimum Gasteiger partial charge on any atom is -0.490 e. The highest BCUT2D eigenvalue weighted by Gasteiger charge is 2.36. The fourth-order valence-electron chi connectivity index (χ4n) is 2.36. The van der Waals surface area contributed by atoms with E-state index >= 15 is 0 Å². The molecule has 0 bridgehead atoms. The first-order valence-electron chi connectivity index (χ1n) is 8.70. The van der Waals surface area contributed by atoms with Crippen LogP contribution in [0.5, 0.6) is 11.5 Å². The standard InChI is InChI=1S/C19H23NO6S/c1-5-24-15-9-13(7-8-14(15)26-12(3)4)10-16-18(22)20(19(23)27-16)11-17(21)25-6-2/h7-10,12H,5-6,11H2,1-4H3/b16-10+. The molecule has 146 valence electrons. The van der Waals surface area contributed by atoms with Crippen LogP contribution in [0.1, 0.15) is 33.3 Å². The Morgan fingerprint density at radius 3 is 2.56 bits per heavy atom. The highest BCUT2D eigenvalue weighted by Crippen LogP contribution is 2.34. The number of thioether (sulfide) groups is 1.